The van der Waals surface area contributed by atoms with Crippen LogP contribution in [0.25, 0.3) is 0 Å². The Morgan fingerprint density at radius 3 is 2.62 bits per heavy atom. The Morgan fingerprint density at radius 1 is 0.971 bits per heavy atom. The lowest BCUT2D eigenvalue weighted by Gasteiger charge is -2.62. The van der Waals surface area contributed by atoms with Crippen LogP contribution in [0.1, 0.15) is 77.2 Å². The number of carbonyl (C=O) groups is 2. The SMILES string of the molecule is C[C@]12CC[C@@]3(C[C@@H]1CC[C@@H]1[C@@H]2CC[C@]2(C)C(=O)CC[C@@H]12)CN(CCc1ccccc1)CC(=O)O3. The number of morpholine rings is 1. The lowest BCUT2D eigenvalue weighted by Crippen LogP contribution is -2.61. The van der Waals surface area contributed by atoms with Crippen molar-refractivity contribution in [3.63, 3.8) is 0 Å². The molecule has 5 aliphatic rings. The molecule has 4 aliphatic carbocycles. The third-order valence-corrected chi connectivity index (χ3v) is 11.3. The van der Waals surface area contributed by atoms with Crippen LogP contribution in [0.5, 0.6) is 0 Å². The molecule has 0 unspecified atom stereocenters. The van der Waals surface area contributed by atoms with Gasteiger partial charge in [-0.25, -0.2) is 0 Å². The Hall–Kier alpha value is -1.68. The van der Waals surface area contributed by atoms with E-state index in [1.807, 2.05) is 0 Å². The zero-order valence-electron chi connectivity index (χ0n) is 21.1. The Kier molecular flexibility index (Phi) is 5.48. The van der Waals surface area contributed by atoms with Crippen molar-refractivity contribution in [1.82, 2.24) is 4.90 Å². The van der Waals surface area contributed by atoms with Gasteiger partial charge in [-0.1, -0.05) is 44.2 Å². The summed E-state index contributed by atoms with van der Waals surface area (Å²) in [5.41, 5.74) is 1.33. The maximum absolute atomic E-state index is 12.7. The van der Waals surface area contributed by atoms with Gasteiger partial charge in [0.25, 0.3) is 0 Å². The lowest BCUT2D eigenvalue weighted by molar-refractivity contribution is -0.199. The molecule has 4 saturated carbocycles. The predicted octanol–water partition coefficient (Wildman–Crippen LogP) is 5.44. The molecule has 0 radical (unpaired) electrons. The molecule has 1 aromatic carbocycles. The minimum absolute atomic E-state index is 0.0329. The molecule has 4 heteroatoms. The van der Waals surface area contributed by atoms with Gasteiger partial charge in [-0.15, -0.1) is 0 Å². The van der Waals surface area contributed by atoms with E-state index in [1.165, 1.54) is 24.8 Å². The first-order chi connectivity index (χ1) is 16.3. The number of ether oxygens (including phenoxy) is 1. The van der Waals surface area contributed by atoms with Gasteiger partial charge in [0, 0.05) is 24.9 Å². The maximum Gasteiger partial charge on any atom is 0.320 e. The first-order valence-corrected chi connectivity index (χ1v) is 13.8. The highest BCUT2D eigenvalue weighted by molar-refractivity contribution is 5.87. The second-order valence-electron chi connectivity index (χ2n) is 12.9. The number of fused-ring (bicyclic) bond motifs is 5. The predicted molar refractivity (Wildman–Crippen MR) is 132 cm³/mol. The van der Waals surface area contributed by atoms with E-state index in [0.717, 1.165) is 69.9 Å². The summed E-state index contributed by atoms with van der Waals surface area (Å²) >= 11 is 0. The average molecular weight is 464 g/mol. The highest BCUT2D eigenvalue weighted by Crippen LogP contribution is 2.66. The molecule has 7 atom stereocenters. The molecule has 5 fully saturated rings. The lowest BCUT2D eigenvalue weighted by atomic mass is 9.44. The number of rotatable bonds is 3. The second-order valence-corrected chi connectivity index (χ2v) is 12.9. The fourth-order valence-electron chi connectivity index (χ4n) is 9.36. The molecule has 6 rings (SSSR count). The molecule has 1 saturated heterocycles. The van der Waals surface area contributed by atoms with Gasteiger partial charge in [0.15, 0.2) is 0 Å². The molecule has 1 aliphatic heterocycles. The van der Waals surface area contributed by atoms with Crippen LogP contribution >= 0.6 is 0 Å². The number of nitrogens with zero attached hydrogens (tertiary/aromatic N) is 1. The van der Waals surface area contributed by atoms with E-state index >= 15 is 0 Å². The van der Waals surface area contributed by atoms with E-state index in [1.54, 1.807) is 0 Å². The Balaban J connectivity index is 1.16. The summed E-state index contributed by atoms with van der Waals surface area (Å²) in [6.07, 6.45) is 10.9. The number of carbonyl (C=O) groups excluding carboxylic acids is 2. The van der Waals surface area contributed by atoms with Gasteiger partial charge >= 0.3 is 5.97 Å². The van der Waals surface area contributed by atoms with Crippen LogP contribution in [0.3, 0.4) is 0 Å². The Morgan fingerprint density at radius 2 is 1.79 bits per heavy atom. The fraction of sp³-hybridized carbons (Fsp3) is 0.733. The number of hydrogen-bond acceptors (Lipinski definition) is 4. The molecular weight excluding hydrogens is 422 g/mol. The van der Waals surface area contributed by atoms with Gasteiger partial charge in [0.1, 0.15) is 11.4 Å². The van der Waals surface area contributed by atoms with Crippen LogP contribution < -0.4 is 0 Å². The van der Waals surface area contributed by atoms with Gasteiger partial charge in [0.2, 0.25) is 0 Å². The van der Waals surface area contributed by atoms with Gasteiger partial charge in [-0.2, -0.15) is 0 Å². The third kappa shape index (κ3) is 3.58. The van der Waals surface area contributed by atoms with E-state index in [9.17, 15) is 9.59 Å². The van der Waals surface area contributed by atoms with Crippen LogP contribution in [0, 0.1) is 34.5 Å². The van der Waals surface area contributed by atoms with Crippen molar-refractivity contribution in [2.75, 3.05) is 19.6 Å². The molecule has 0 aromatic heterocycles. The molecule has 0 bridgehead atoms. The molecule has 0 N–H and O–H groups in total. The fourth-order valence-corrected chi connectivity index (χ4v) is 9.36. The zero-order chi connectivity index (χ0) is 23.6. The standard InChI is InChI=1S/C30H41NO3/c1-28-15-16-30(20-31(19-27(33)34-30)17-13-21-6-4-3-5-7-21)18-22(28)8-9-23-24-10-11-26(32)29(24,2)14-12-25(23)28/h3-7,22-25H,8-20H2,1-2H3/t22-,23-,24-,25-,28-,29-,30+/m0/s1. The van der Waals surface area contributed by atoms with Crippen molar-refractivity contribution in [2.24, 2.45) is 34.5 Å². The molecule has 0 amide bonds. The van der Waals surface area contributed by atoms with Crippen molar-refractivity contribution in [3.8, 4) is 0 Å². The number of hydrogen-bond donors (Lipinski definition) is 0. The van der Waals surface area contributed by atoms with E-state index < -0.39 is 0 Å². The van der Waals surface area contributed by atoms with E-state index in [2.05, 4.69) is 49.1 Å². The second kappa shape index (κ2) is 8.18. The first-order valence-electron chi connectivity index (χ1n) is 13.8. The number of benzene rings is 1. The van der Waals surface area contributed by atoms with E-state index in [0.29, 0.717) is 29.6 Å². The summed E-state index contributed by atoms with van der Waals surface area (Å²) in [5, 5.41) is 0. The summed E-state index contributed by atoms with van der Waals surface area (Å²) in [4.78, 5) is 27.8. The average Bonchev–Trinajstić information content (AvgIpc) is 3.13. The van der Waals surface area contributed by atoms with Crippen molar-refractivity contribution in [2.45, 2.75) is 83.7 Å². The normalized spacial score (nSPS) is 44.3. The molecule has 1 aromatic rings. The van der Waals surface area contributed by atoms with Crippen molar-refractivity contribution in [3.05, 3.63) is 35.9 Å². The zero-order valence-corrected chi connectivity index (χ0v) is 21.1. The van der Waals surface area contributed by atoms with Crippen LogP contribution in [-0.4, -0.2) is 41.9 Å². The highest BCUT2D eigenvalue weighted by atomic mass is 16.6. The van der Waals surface area contributed by atoms with Gasteiger partial charge in [-0.3, -0.25) is 14.5 Å². The molecule has 34 heavy (non-hydrogen) atoms. The summed E-state index contributed by atoms with van der Waals surface area (Å²) in [7, 11) is 0. The third-order valence-electron chi connectivity index (χ3n) is 11.3. The van der Waals surface area contributed by atoms with Gasteiger partial charge in [0.05, 0.1) is 6.54 Å². The largest absolute Gasteiger partial charge is 0.457 e. The molecular formula is C30H41NO3. The first kappa shape index (κ1) is 22.8. The van der Waals surface area contributed by atoms with E-state index in [4.69, 9.17) is 4.74 Å². The Bertz CT molecular complexity index is 961. The summed E-state index contributed by atoms with van der Waals surface area (Å²) < 4.78 is 6.20. The summed E-state index contributed by atoms with van der Waals surface area (Å²) in [5.74, 6) is 3.20. The quantitative estimate of drug-likeness (QED) is 0.560. The number of Topliss-reactive ketones (excluding diaryl/α,β-unsaturated/α-hetero) is 1. The number of esters is 1. The van der Waals surface area contributed by atoms with E-state index in [-0.39, 0.29) is 17.0 Å². The van der Waals surface area contributed by atoms with Crippen LogP contribution in [0.2, 0.25) is 0 Å². The van der Waals surface area contributed by atoms with Gasteiger partial charge in [-0.05, 0) is 92.4 Å². The van der Waals surface area contributed by atoms with Crippen LogP contribution in [0.15, 0.2) is 30.3 Å². The minimum Gasteiger partial charge on any atom is -0.457 e. The molecule has 1 heterocycles. The topological polar surface area (TPSA) is 46.6 Å². The summed E-state index contributed by atoms with van der Waals surface area (Å²) in [6, 6.07) is 10.6. The van der Waals surface area contributed by atoms with Gasteiger partial charge < -0.3 is 4.74 Å². The highest BCUT2D eigenvalue weighted by Gasteiger charge is 2.62. The molecule has 184 valence electrons. The minimum atomic E-state index is -0.296. The van der Waals surface area contributed by atoms with Crippen molar-refractivity contribution < 1.29 is 14.3 Å². The number of ketones is 1. The maximum atomic E-state index is 12.7. The molecule has 4 nitrogen and oxygen atoms in total. The Labute approximate surface area is 204 Å². The molecule has 1 spiro atoms. The van der Waals surface area contributed by atoms with Crippen LogP contribution in [-0.2, 0) is 20.7 Å². The monoisotopic (exact) mass is 463 g/mol. The van der Waals surface area contributed by atoms with Crippen molar-refractivity contribution in [1.29, 1.82) is 0 Å². The summed E-state index contributed by atoms with van der Waals surface area (Å²) in [6.45, 7) is 7.07. The van der Waals surface area contributed by atoms with Crippen LogP contribution in [0.4, 0.5) is 0 Å². The van der Waals surface area contributed by atoms with Crippen molar-refractivity contribution >= 4 is 11.8 Å². The smallest absolute Gasteiger partial charge is 0.320 e.